The number of benzene rings is 2. The molecule has 126 valence electrons. The zero-order chi connectivity index (χ0) is 17.7. The van der Waals surface area contributed by atoms with E-state index in [9.17, 15) is 23.1 Å². The van der Waals surface area contributed by atoms with E-state index in [1.54, 1.807) is 24.3 Å². The van der Waals surface area contributed by atoms with Crippen molar-refractivity contribution in [1.82, 2.24) is 0 Å². The number of halogens is 1. The predicted molar refractivity (Wildman–Crippen MR) is 88.3 cm³/mol. The summed E-state index contributed by atoms with van der Waals surface area (Å²) in [6.07, 6.45) is 0. The highest BCUT2D eigenvalue weighted by Crippen LogP contribution is 2.14. The molecule has 0 atom stereocenters. The first-order chi connectivity index (χ1) is 11.2. The second kappa shape index (κ2) is 7.46. The van der Waals surface area contributed by atoms with Crippen molar-refractivity contribution in [2.24, 2.45) is 0 Å². The van der Waals surface area contributed by atoms with E-state index in [1.165, 1.54) is 24.3 Å². The van der Waals surface area contributed by atoms with Crippen LogP contribution in [0.3, 0.4) is 0 Å². The second-order valence-corrected chi connectivity index (χ2v) is 7.57. The second-order valence-electron chi connectivity index (χ2n) is 5.07. The van der Waals surface area contributed by atoms with Crippen molar-refractivity contribution in [3.05, 3.63) is 64.7 Å². The molecular weight excluding hydrogens is 354 g/mol. The Bertz CT molecular complexity index is 845. The summed E-state index contributed by atoms with van der Waals surface area (Å²) in [5.74, 6) is -3.05. The number of nitrogens with one attached hydrogen (secondary N) is 1. The van der Waals surface area contributed by atoms with E-state index in [4.69, 9.17) is 11.6 Å². The van der Waals surface area contributed by atoms with Crippen LogP contribution in [0.5, 0.6) is 0 Å². The van der Waals surface area contributed by atoms with Gasteiger partial charge in [-0.05, 0) is 35.4 Å². The normalized spacial score (nSPS) is 11.0. The lowest BCUT2D eigenvalue weighted by atomic mass is 10.1. The summed E-state index contributed by atoms with van der Waals surface area (Å²) in [6.45, 7) is 0. The molecule has 0 saturated carbocycles. The SMILES string of the molecule is O=C(CS(=O)(=O)Cc1ccc(C(=O)[O-])cc1)Nc1ccc(Cl)cc1. The molecule has 0 fully saturated rings. The van der Waals surface area contributed by atoms with Crippen LogP contribution in [0.2, 0.25) is 5.02 Å². The molecule has 24 heavy (non-hydrogen) atoms. The Balaban J connectivity index is 1.98. The molecule has 0 saturated heterocycles. The average molecular weight is 367 g/mol. The molecule has 0 unspecified atom stereocenters. The first kappa shape index (κ1) is 18.0. The van der Waals surface area contributed by atoms with Gasteiger partial charge in [-0.2, -0.15) is 0 Å². The monoisotopic (exact) mass is 366 g/mol. The largest absolute Gasteiger partial charge is 0.545 e. The number of carbonyl (C=O) groups is 2. The minimum absolute atomic E-state index is 0.0448. The molecule has 0 aliphatic carbocycles. The van der Waals surface area contributed by atoms with E-state index in [-0.39, 0.29) is 11.3 Å². The van der Waals surface area contributed by atoms with Gasteiger partial charge in [0, 0.05) is 10.7 Å². The fraction of sp³-hybridized carbons (Fsp3) is 0.125. The van der Waals surface area contributed by atoms with Crippen molar-refractivity contribution in [3.8, 4) is 0 Å². The van der Waals surface area contributed by atoms with Crippen LogP contribution in [-0.4, -0.2) is 26.0 Å². The molecule has 0 aliphatic heterocycles. The van der Waals surface area contributed by atoms with Gasteiger partial charge in [-0.3, -0.25) is 4.79 Å². The Labute approximate surface area is 144 Å². The van der Waals surface area contributed by atoms with Crippen LogP contribution < -0.4 is 10.4 Å². The summed E-state index contributed by atoms with van der Waals surface area (Å²) in [6, 6.07) is 11.5. The van der Waals surface area contributed by atoms with Crippen LogP contribution in [0.15, 0.2) is 48.5 Å². The Morgan fingerprint density at radius 1 is 1.00 bits per heavy atom. The minimum atomic E-state index is -3.70. The molecule has 0 bridgehead atoms. The van der Waals surface area contributed by atoms with Gasteiger partial charge < -0.3 is 15.2 Å². The molecule has 1 amide bonds. The number of rotatable bonds is 6. The highest BCUT2D eigenvalue weighted by Gasteiger charge is 2.17. The minimum Gasteiger partial charge on any atom is -0.545 e. The summed E-state index contributed by atoms with van der Waals surface area (Å²) < 4.78 is 24.1. The summed E-state index contributed by atoms with van der Waals surface area (Å²) in [7, 11) is -3.70. The highest BCUT2D eigenvalue weighted by atomic mass is 35.5. The van der Waals surface area contributed by atoms with Crippen molar-refractivity contribution < 1.29 is 23.1 Å². The van der Waals surface area contributed by atoms with Crippen molar-refractivity contribution in [2.75, 3.05) is 11.1 Å². The molecule has 0 aliphatic rings. The highest BCUT2D eigenvalue weighted by molar-refractivity contribution is 7.91. The maximum atomic E-state index is 12.1. The molecule has 2 aromatic carbocycles. The average Bonchev–Trinajstić information content (AvgIpc) is 2.49. The summed E-state index contributed by atoms with van der Waals surface area (Å²) in [4.78, 5) is 22.5. The molecule has 0 heterocycles. The van der Waals surface area contributed by atoms with E-state index in [0.29, 0.717) is 16.3 Å². The fourth-order valence-electron chi connectivity index (χ4n) is 1.97. The van der Waals surface area contributed by atoms with Crippen LogP contribution in [0.25, 0.3) is 0 Å². The van der Waals surface area contributed by atoms with Crippen LogP contribution in [-0.2, 0) is 20.4 Å². The Morgan fingerprint density at radius 2 is 1.58 bits per heavy atom. The summed E-state index contributed by atoms with van der Waals surface area (Å²) in [5.41, 5.74) is 0.786. The van der Waals surface area contributed by atoms with Gasteiger partial charge in [0.2, 0.25) is 5.91 Å². The van der Waals surface area contributed by atoms with Crippen molar-refractivity contribution in [3.63, 3.8) is 0 Å². The quantitative estimate of drug-likeness (QED) is 0.828. The number of carbonyl (C=O) groups excluding carboxylic acids is 2. The van der Waals surface area contributed by atoms with Crippen LogP contribution in [0.1, 0.15) is 15.9 Å². The van der Waals surface area contributed by atoms with Gasteiger partial charge in [0.05, 0.1) is 11.7 Å². The standard InChI is InChI=1S/C16H14ClNO5S/c17-13-5-7-14(8-6-13)18-15(19)10-24(22,23)9-11-1-3-12(4-2-11)16(20)21/h1-8H,9-10H2,(H,18,19)(H,20,21)/p-1. The van der Waals surface area contributed by atoms with E-state index in [0.717, 1.165) is 0 Å². The van der Waals surface area contributed by atoms with Crippen LogP contribution in [0, 0.1) is 0 Å². The maximum absolute atomic E-state index is 12.1. The zero-order valence-electron chi connectivity index (χ0n) is 12.4. The van der Waals surface area contributed by atoms with Crippen molar-refractivity contribution in [1.29, 1.82) is 0 Å². The Morgan fingerprint density at radius 3 is 2.12 bits per heavy atom. The molecule has 0 spiro atoms. The molecule has 2 rings (SSSR count). The van der Waals surface area contributed by atoms with Crippen LogP contribution >= 0.6 is 11.6 Å². The molecule has 1 N–H and O–H groups in total. The number of aromatic carboxylic acids is 1. The topological polar surface area (TPSA) is 103 Å². The van der Waals surface area contributed by atoms with Crippen molar-refractivity contribution in [2.45, 2.75) is 5.75 Å². The van der Waals surface area contributed by atoms with E-state index in [1.807, 2.05) is 0 Å². The van der Waals surface area contributed by atoms with Gasteiger partial charge in [0.1, 0.15) is 5.75 Å². The van der Waals surface area contributed by atoms with E-state index in [2.05, 4.69) is 5.32 Å². The van der Waals surface area contributed by atoms with Gasteiger partial charge in [-0.15, -0.1) is 0 Å². The van der Waals surface area contributed by atoms with Gasteiger partial charge >= 0.3 is 0 Å². The first-order valence-electron chi connectivity index (χ1n) is 6.81. The van der Waals surface area contributed by atoms with Gasteiger partial charge in [-0.25, -0.2) is 8.42 Å². The predicted octanol–water partition coefficient (Wildman–Crippen LogP) is 1.26. The number of anilines is 1. The summed E-state index contributed by atoms with van der Waals surface area (Å²) >= 11 is 5.73. The Kier molecular flexibility index (Phi) is 5.58. The number of amides is 1. The number of carboxylic acid groups (broad SMARTS) is 1. The van der Waals surface area contributed by atoms with Gasteiger partial charge in [-0.1, -0.05) is 35.9 Å². The smallest absolute Gasteiger partial charge is 0.239 e. The Hall–Kier alpha value is -2.38. The molecule has 0 aromatic heterocycles. The van der Waals surface area contributed by atoms with E-state index >= 15 is 0 Å². The summed E-state index contributed by atoms with van der Waals surface area (Å²) in [5, 5.41) is 13.6. The first-order valence-corrected chi connectivity index (χ1v) is 9.01. The van der Waals surface area contributed by atoms with Crippen molar-refractivity contribution >= 4 is 39.0 Å². The third-order valence-electron chi connectivity index (χ3n) is 3.06. The molecule has 0 radical (unpaired) electrons. The number of hydrogen-bond donors (Lipinski definition) is 1. The molecular formula is C16H13ClNO5S-. The number of hydrogen-bond acceptors (Lipinski definition) is 5. The number of sulfone groups is 1. The lowest BCUT2D eigenvalue weighted by Crippen LogP contribution is -2.24. The fourth-order valence-corrected chi connectivity index (χ4v) is 3.37. The maximum Gasteiger partial charge on any atom is 0.239 e. The molecule has 2 aromatic rings. The number of carboxylic acids is 1. The van der Waals surface area contributed by atoms with E-state index < -0.39 is 27.5 Å². The third-order valence-corrected chi connectivity index (χ3v) is 4.78. The lowest BCUT2D eigenvalue weighted by molar-refractivity contribution is -0.255. The van der Waals surface area contributed by atoms with Gasteiger partial charge in [0.15, 0.2) is 9.84 Å². The van der Waals surface area contributed by atoms with Crippen LogP contribution in [0.4, 0.5) is 5.69 Å². The lowest BCUT2D eigenvalue weighted by Gasteiger charge is -2.08. The zero-order valence-corrected chi connectivity index (χ0v) is 13.9. The third kappa shape index (κ3) is 5.36. The van der Waals surface area contributed by atoms with Gasteiger partial charge in [0.25, 0.3) is 0 Å². The molecule has 6 nitrogen and oxygen atoms in total. The molecule has 8 heteroatoms.